The van der Waals surface area contributed by atoms with E-state index in [0.29, 0.717) is 11.3 Å². The number of rotatable bonds is 1. The van der Waals surface area contributed by atoms with Gasteiger partial charge in [-0.3, -0.25) is 4.79 Å². The van der Waals surface area contributed by atoms with Crippen molar-refractivity contribution in [3.8, 4) is 0 Å². The van der Waals surface area contributed by atoms with Crippen molar-refractivity contribution in [1.29, 1.82) is 0 Å². The average molecular weight is 245 g/mol. The molecule has 3 rings (SSSR count). The van der Waals surface area contributed by atoms with E-state index in [0.717, 1.165) is 5.56 Å². The van der Waals surface area contributed by atoms with Gasteiger partial charge in [-0.1, -0.05) is 17.7 Å². The summed E-state index contributed by atoms with van der Waals surface area (Å²) in [5.74, 6) is -1.13. The third kappa shape index (κ3) is 1.31. The van der Waals surface area contributed by atoms with Gasteiger partial charge in [-0.15, -0.1) is 0 Å². The Hall–Kier alpha value is -2.14. The van der Waals surface area contributed by atoms with Crippen LogP contribution < -0.4 is 5.32 Å². The SMILES string of the molecule is Cc1ccc2c(c1)[C@](O)([C@@H]1C=CC(=O)O1)C(=O)N2. The van der Waals surface area contributed by atoms with Gasteiger partial charge in [0.1, 0.15) is 0 Å². The summed E-state index contributed by atoms with van der Waals surface area (Å²) in [4.78, 5) is 23.1. The summed E-state index contributed by atoms with van der Waals surface area (Å²) in [5, 5.41) is 13.2. The predicted octanol–water partition coefficient (Wildman–Crippen LogP) is 0.616. The van der Waals surface area contributed by atoms with Crippen molar-refractivity contribution in [3.05, 3.63) is 41.5 Å². The largest absolute Gasteiger partial charge is 0.451 e. The van der Waals surface area contributed by atoms with Crippen LogP contribution in [0.15, 0.2) is 30.4 Å². The van der Waals surface area contributed by atoms with Gasteiger partial charge in [0.15, 0.2) is 6.10 Å². The first-order chi connectivity index (χ1) is 8.51. The fraction of sp³-hybridized carbons (Fsp3) is 0.231. The summed E-state index contributed by atoms with van der Waals surface area (Å²) >= 11 is 0. The van der Waals surface area contributed by atoms with Gasteiger partial charge in [0.05, 0.1) is 0 Å². The highest BCUT2D eigenvalue weighted by Crippen LogP contribution is 2.41. The Morgan fingerprint density at radius 1 is 1.39 bits per heavy atom. The maximum atomic E-state index is 12.0. The molecule has 2 atom stereocenters. The summed E-state index contributed by atoms with van der Waals surface area (Å²) in [6.07, 6.45) is 1.64. The maximum absolute atomic E-state index is 12.0. The number of aliphatic hydroxyl groups is 1. The van der Waals surface area contributed by atoms with E-state index < -0.39 is 23.6 Å². The molecule has 0 aromatic heterocycles. The summed E-state index contributed by atoms with van der Waals surface area (Å²) in [7, 11) is 0. The second-order valence-corrected chi connectivity index (χ2v) is 4.49. The van der Waals surface area contributed by atoms with Gasteiger partial charge in [0.25, 0.3) is 5.91 Å². The quantitative estimate of drug-likeness (QED) is 0.711. The summed E-state index contributed by atoms with van der Waals surface area (Å²) < 4.78 is 4.95. The molecule has 18 heavy (non-hydrogen) atoms. The van der Waals surface area contributed by atoms with Crippen molar-refractivity contribution >= 4 is 17.6 Å². The fourth-order valence-electron chi connectivity index (χ4n) is 2.30. The highest BCUT2D eigenvalue weighted by molar-refractivity contribution is 6.06. The molecule has 2 aliphatic rings. The molecule has 2 N–H and O–H groups in total. The van der Waals surface area contributed by atoms with Crippen LogP contribution in [0, 0.1) is 6.92 Å². The first-order valence-electron chi connectivity index (χ1n) is 5.55. The molecule has 5 nitrogen and oxygen atoms in total. The molecule has 1 amide bonds. The lowest BCUT2D eigenvalue weighted by Crippen LogP contribution is -2.45. The van der Waals surface area contributed by atoms with Crippen LogP contribution >= 0.6 is 0 Å². The minimum Gasteiger partial charge on any atom is -0.451 e. The van der Waals surface area contributed by atoms with E-state index in [4.69, 9.17) is 4.74 Å². The summed E-state index contributed by atoms with van der Waals surface area (Å²) in [6.45, 7) is 1.86. The molecular formula is C13H11NO4. The van der Waals surface area contributed by atoms with Gasteiger partial charge in [0, 0.05) is 17.3 Å². The zero-order chi connectivity index (χ0) is 12.9. The monoisotopic (exact) mass is 245 g/mol. The summed E-state index contributed by atoms with van der Waals surface area (Å²) in [5.41, 5.74) is 0.0579. The zero-order valence-corrected chi connectivity index (χ0v) is 9.64. The number of carbonyl (C=O) groups excluding carboxylic acids is 2. The van der Waals surface area contributed by atoms with Crippen LogP contribution in [-0.4, -0.2) is 23.1 Å². The molecule has 1 aromatic rings. The number of aryl methyl sites for hydroxylation is 1. The molecule has 0 aliphatic carbocycles. The molecule has 0 unspecified atom stereocenters. The topological polar surface area (TPSA) is 75.6 Å². The molecule has 0 fully saturated rings. The Kier molecular flexibility index (Phi) is 2.09. The van der Waals surface area contributed by atoms with Gasteiger partial charge >= 0.3 is 5.97 Å². The van der Waals surface area contributed by atoms with Crippen molar-refractivity contribution in [1.82, 2.24) is 0 Å². The molecule has 0 saturated carbocycles. The van der Waals surface area contributed by atoms with E-state index in [-0.39, 0.29) is 0 Å². The van der Waals surface area contributed by atoms with Crippen LogP contribution in [0.4, 0.5) is 5.69 Å². The number of hydrogen-bond acceptors (Lipinski definition) is 4. The van der Waals surface area contributed by atoms with Crippen LogP contribution in [0.25, 0.3) is 0 Å². The Morgan fingerprint density at radius 2 is 2.17 bits per heavy atom. The number of nitrogens with one attached hydrogen (secondary N) is 1. The van der Waals surface area contributed by atoms with E-state index in [9.17, 15) is 14.7 Å². The van der Waals surface area contributed by atoms with E-state index in [1.165, 1.54) is 12.2 Å². The first-order valence-corrected chi connectivity index (χ1v) is 5.55. The number of carbonyl (C=O) groups is 2. The third-order valence-corrected chi connectivity index (χ3v) is 3.24. The normalized spacial score (nSPS) is 29.1. The van der Waals surface area contributed by atoms with Crippen LogP contribution in [0.5, 0.6) is 0 Å². The van der Waals surface area contributed by atoms with Crippen LogP contribution in [0.2, 0.25) is 0 Å². The molecule has 2 aliphatic heterocycles. The van der Waals surface area contributed by atoms with Crippen molar-refractivity contribution in [2.24, 2.45) is 0 Å². The number of hydrogen-bond donors (Lipinski definition) is 2. The Labute approximate surface area is 103 Å². The Balaban J connectivity index is 2.12. The number of anilines is 1. The standard InChI is InChI=1S/C13H11NO4/c1-7-2-3-9-8(6-7)13(17,12(16)14-9)10-4-5-11(15)18-10/h2-6,10,17H,1H3,(H,14,16)/t10-,13-/m0/s1. The molecule has 0 radical (unpaired) electrons. The summed E-state index contributed by atoms with van der Waals surface area (Å²) in [6, 6.07) is 5.27. The van der Waals surface area contributed by atoms with Crippen LogP contribution in [0.3, 0.4) is 0 Å². The van der Waals surface area contributed by atoms with Gasteiger partial charge in [-0.25, -0.2) is 4.79 Å². The van der Waals surface area contributed by atoms with Crippen molar-refractivity contribution in [2.45, 2.75) is 18.6 Å². The number of benzene rings is 1. The van der Waals surface area contributed by atoms with E-state index >= 15 is 0 Å². The van der Waals surface area contributed by atoms with Gasteiger partial charge in [0.2, 0.25) is 5.60 Å². The van der Waals surface area contributed by atoms with Gasteiger partial charge in [-0.05, 0) is 19.1 Å². The molecule has 0 bridgehead atoms. The van der Waals surface area contributed by atoms with Crippen molar-refractivity contribution in [2.75, 3.05) is 5.32 Å². The number of cyclic esters (lactones) is 1. The second-order valence-electron chi connectivity index (χ2n) is 4.49. The Bertz CT molecular complexity index is 593. The van der Waals surface area contributed by atoms with Crippen LogP contribution in [-0.2, 0) is 19.9 Å². The lowest BCUT2D eigenvalue weighted by atomic mass is 9.88. The average Bonchev–Trinajstić information content (AvgIpc) is 2.86. The minimum absolute atomic E-state index is 0.442. The lowest BCUT2D eigenvalue weighted by Gasteiger charge is -2.25. The fourth-order valence-corrected chi connectivity index (χ4v) is 2.30. The third-order valence-electron chi connectivity index (χ3n) is 3.24. The highest BCUT2D eigenvalue weighted by Gasteiger charge is 2.53. The van der Waals surface area contributed by atoms with Crippen molar-refractivity contribution in [3.63, 3.8) is 0 Å². The van der Waals surface area contributed by atoms with Gasteiger partial charge in [-0.2, -0.15) is 0 Å². The zero-order valence-electron chi connectivity index (χ0n) is 9.64. The first kappa shape index (κ1) is 11.0. The number of esters is 1. The smallest absolute Gasteiger partial charge is 0.331 e. The van der Waals surface area contributed by atoms with E-state index in [1.807, 2.05) is 13.0 Å². The van der Waals surface area contributed by atoms with Crippen LogP contribution in [0.1, 0.15) is 11.1 Å². The highest BCUT2D eigenvalue weighted by atomic mass is 16.6. The van der Waals surface area contributed by atoms with Gasteiger partial charge < -0.3 is 15.2 Å². The molecule has 5 heteroatoms. The molecule has 1 aromatic carbocycles. The number of fused-ring (bicyclic) bond motifs is 1. The number of ether oxygens (including phenoxy) is 1. The minimum atomic E-state index is -1.84. The van der Waals surface area contributed by atoms with E-state index in [2.05, 4.69) is 5.32 Å². The maximum Gasteiger partial charge on any atom is 0.331 e. The van der Waals surface area contributed by atoms with Crippen molar-refractivity contribution < 1.29 is 19.4 Å². The predicted molar refractivity (Wildman–Crippen MR) is 62.7 cm³/mol. The van der Waals surface area contributed by atoms with E-state index in [1.54, 1.807) is 12.1 Å². The second kappa shape index (κ2) is 3.43. The lowest BCUT2D eigenvalue weighted by molar-refractivity contribution is -0.158. The molecular weight excluding hydrogens is 234 g/mol. The molecule has 92 valence electrons. The molecule has 0 spiro atoms. The number of amides is 1. The Morgan fingerprint density at radius 3 is 2.83 bits per heavy atom. The molecule has 2 heterocycles. The molecule has 0 saturated heterocycles.